The van der Waals surface area contributed by atoms with E-state index in [0.29, 0.717) is 29.0 Å². The molecular formula is C25H19ClINO4. The van der Waals surface area contributed by atoms with Gasteiger partial charge in [-0.1, -0.05) is 29.8 Å². The van der Waals surface area contributed by atoms with Crippen molar-refractivity contribution in [3.63, 3.8) is 0 Å². The van der Waals surface area contributed by atoms with E-state index in [0.717, 1.165) is 25.8 Å². The summed E-state index contributed by atoms with van der Waals surface area (Å²) in [6, 6.07) is 18.7. The molecule has 0 unspecified atom stereocenters. The molecule has 5 nitrogen and oxygen atoms in total. The molecule has 1 aliphatic rings. The second-order valence-corrected chi connectivity index (χ2v) is 8.73. The van der Waals surface area contributed by atoms with Gasteiger partial charge in [-0.15, -0.1) is 0 Å². The zero-order chi connectivity index (χ0) is 22.7. The lowest BCUT2D eigenvalue weighted by atomic mass is 10.1. The van der Waals surface area contributed by atoms with E-state index in [1.807, 2.05) is 55.5 Å². The fraction of sp³-hybridized carbons (Fsp3) is 0.120. The SMILES string of the molecule is COc1cc(/C=C2\N=C(c3ccc(I)c(C)c3)OC2=O)ccc1OCc1cccc(Cl)c1. The lowest BCUT2D eigenvalue weighted by molar-refractivity contribution is -0.129. The largest absolute Gasteiger partial charge is 0.493 e. The van der Waals surface area contributed by atoms with Crippen LogP contribution in [-0.4, -0.2) is 19.0 Å². The Hall–Kier alpha value is -2.84. The average Bonchev–Trinajstić information content (AvgIpc) is 3.14. The van der Waals surface area contributed by atoms with E-state index >= 15 is 0 Å². The highest BCUT2D eigenvalue weighted by molar-refractivity contribution is 14.1. The fourth-order valence-corrected chi connectivity index (χ4v) is 3.70. The molecule has 0 saturated heterocycles. The molecule has 0 fully saturated rings. The van der Waals surface area contributed by atoms with Gasteiger partial charge >= 0.3 is 5.97 Å². The standard InChI is InChI=1S/C25H19ClINO4/c1-15-10-18(7-8-20(15)27)24-28-21(25(29)32-24)12-16-6-9-22(23(13-16)30-2)31-14-17-4-3-5-19(26)11-17/h3-13H,14H2,1-2H3/b21-12-. The summed E-state index contributed by atoms with van der Waals surface area (Å²) < 4.78 is 17.9. The van der Waals surface area contributed by atoms with Crippen molar-refractivity contribution in [1.29, 1.82) is 0 Å². The molecule has 0 aromatic heterocycles. The van der Waals surface area contributed by atoms with Crippen molar-refractivity contribution in [2.24, 2.45) is 4.99 Å². The minimum absolute atomic E-state index is 0.228. The number of halogens is 2. The number of rotatable bonds is 6. The normalized spacial score (nSPS) is 14.3. The number of nitrogens with zero attached hydrogens (tertiary/aromatic N) is 1. The number of cyclic esters (lactones) is 1. The highest BCUT2D eigenvalue weighted by Crippen LogP contribution is 2.31. The van der Waals surface area contributed by atoms with Crippen LogP contribution in [0.5, 0.6) is 11.5 Å². The summed E-state index contributed by atoms with van der Waals surface area (Å²) in [7, 11) is 1.57. The van der Waals surface area contributed by atoms with E-state index < -0.39 is 5.97 Å². The first kappa shape index (κ1) is 22.4. The first-order chi connectivity index (χ1) is 15.4. The first-order valence-electron chi connectivity index (χ1n) is 9.77. The number of hydrogen-bond donors (Lipinski definition) is 0. The highest BCUT2D eigenvalue weighted by atomic mass is 127. The summed E-state index contributed by atoms with van der Waals surface area (Å²) in [5.41, 5.74) is 3.78. The number of carbonyl (C=O) groups is 1. The predicted octanol–water partition coefficient (Wildman–Crippen LogP) is 6.19. The van der Waals surface area contributed by atoms with Crippen LogP contribution in [0.15, 0.2) is 71.4 Å². The molecule has 7 heteroatoms. The van der Waals surface area contributed by atoms with Crippen molar-refractivity contribution in [3.05, 3.63) is 97.2 Å². The number of hydrogen-bond acceptors (Lipinski definition) is 5. The number of carbonyl (C=O) groups excluding carboxylic acids is 1. The lowest BCUT2D eigenvalue weighted by Gasteiger charge is -2.11. The average molecular weight is 560 g/mol. The minimum Gasteiger partial charge on any atom is -0.493 e. The summed E-state index contributed by atoms with van der Waals surface area (Å²) in [4.78, 5) is 16.7. The van der Waals surface area contributed by atoms with E-state index in [2.05, 4.69) is 27.6 Å². The summed E-state index contributed by atoms with van der Waals surface area (Å²) in [5, 5.41) is 0.656. The molecule has 0 saturated carbocycles. The second kappa shape index (κ2) is 9.75. The second-order valence-electron chi connectivity index (χ2n) is 7.13. The van der Waals surface area contributed by atoms with Crippen LogP contribution in [-0.2, 0) is 16.1 Å². The zero-order valence-electron chi connectivity index (χ0n) is 17.4. The Morgan fingerprint density at radius 2 is 1.94 bits per heavy atom. The maximum absolute atomic E-state index is 12.3. The Labute approximate surface area is 204 Å². The summed E-state index contributed by atoms with van der Waals surface area (Å²) in [5.74, 6) is 0.943. The number of methoxy groups -OCH3 is 1. The first-order valence-corrected chi connectivity index (χ1v) is 11.2. The Morgan fingerprint density at radius 1 is 1.09 bits per heavy atom. The summed E-state index contributed by atoms with van der Waals surface area (Å²) in [6.45, 7) is 2.36. The van der Waals surface area contributed by atoms with Gasteiger partial charge in [-0.25, -0.2) is 9.79 Å². The molecule has 0 bridgehead atoms. The smallest absolute Gasteiger partial charge is 0.363 e. The third-order valence-corrected chi connectivity index (χ3v) is 6.25. The quantitative estimate of drug-likeness (QED) is 0.205. The summed E-state index contributed by atoms with van der Waals surface area (Å²) >= 11 is 8.29. The highest BCUT2D eigenvalue weighted by Gasteiger charge is 2.24. The Morgan fingerprint density at radius 3 is 2.69 bits per heavy atom. The van der Waals surface area contributed by atoms with Crippen molar-refractivity contribution in [2.45, 2.75) is 13.5 Å². The molecule has 3 aromatic carbocycles. The minimum atomic E-state index is -0.489. The van der Waals surface area contributed by atoms with E-state index in [1.165, 1.54) is 0 Å². The van der Waals surface area contributed by atoms with Crippen LogP contribution >= 0.6 is 34.2 Å². The number of esters is 1. The van der Waals surface area contributed by atoms with Crippen LogP contribution < -0.4 is 9.47 Å². The van der Waals surface area contributed by atoms with Crippen LogP contribution in [0.25, 0.3) is 6.08 Å². The van der Waals surface area contributed by atoms with E-state index in [4.69, 9.17) is 25.8 Å². The van der Waals surface area contributed by atoms with Gasteiger partial charge in [0, 0.05) is 14.2 Å². The number of ether oxygens (including phenoxy) is 3. The topological polar surface area (TPSA) is 57.1 Å². The van der Waals surface area contributed by atoms with Gasteiger partial charge in [0.1, 0.15) is 6.61 Å². The molecule has 1 aliphatic heterocycles. The van der Waals surface area contributed by atoms with Crippen molar-refractivity contribution >= 4 is 52.1 Å². The molecule has 3 aromatic rings. The van der Waals surface area contributed by atoms with Crippen LogP contribution in [0.3, 0.4) is 0 Å². The van der Waals surface area contributed by atoms with E-state index in [1.54, 1.807) is 25.3 Å². The molecule has 162 valence electrons. The zero-order valence-corrected chi connectivity index (χ0v) is 20.3. The van der Waals surface area contributed by atoms with Gasteiger partial charge in [0.15, 0.2) is 17.2 Å². The van der Waals surface area contributed by atoms with Crippen LogP contribution in [0.2, 0.25) is 5.02 Å². The van der Waals surface area contributed by atoms with Gasteiger partial charge in [0.05, 0.1) is 7.11 Å². The van der Waals surface area contributed by atoms with E-state index in [9.17, 15) is 4.79 Å². The number of benzene rings is 3. The van der Waals surface area contributed by atoms with Crippen molar-refractivity contribution in [1.82, 2.24) is 0 Å². The van der Waals surface area contributed by atoms with Crippen LogP contribution in [0.4, 0.5) is 0 Å². The molecule has 0 amide bonds. The van der Waals surface area contributed by atoms with Gasteiger partial charge in [-0.05, 0) is 94.7 Å². The molecule has 0 spiro atoms. The number of aryl methyl sites for hydroxylation is 1. The lowest BCUT2D eigenvalue weighted by Crippen LogP contribution is -2.05. The van der Waals surface area contributed by atoms with Gasteiger partial charge < -0.3 is 14.2 Å². The molecule has 32 heavy (non-hydrogen) atoms. The third kappa shape index (κ3) is 5.14. The number of aliphatic imine (C=N–C) groups is 1. The predicted molar refractivity (Wildman–Crippen MR) is 133 cm³/mol. The molecule has 0 radical (unpaired) electrons. The maximum Gasteiger partial charge on any atom is 0.363 e. The van der Waals surface area contributed by atoms with Gasteiger partial charge in [0.25, 0.3) is 0 Å². The molecular weight excluding hydrogens is 541 g/mol. The van der Waals surface area contributed by atoms with Gasteiger partial charge in [-0.3, -0.25) is 0 Å². The Balaban J connectivity index is 1.54. The van der Waals surface area contributed by atoms with E-state index in [-0.39, 0.29) is 5.70 Å². The molecule has 4 rings (SSSR count). The Bertz CT molecular complexity index is 1250. The Kier molecular flexibility index (Phi) is 6.81. The molecule has 0 N–H and O–H groups in total. The third-order valence-electron chi connectivity index (χ3n) is 4.80. The fourth-order valence-electron chi connectivity index (χ4n) is 3.15. The van der Waals surface area contributed by atoms with Crippen LogP contribution in [0.1, 0.15) is 22.3 Å². The monoisotopic (exact) mass is 559 g/mol. The molecule has 0 aliphatic carbocycles. The van der Waals surface area contributed by atoms with Crippen LogP contribution in [0, 0.1) is 10.5 Å². The van der Waals surface area contributed by atoms with Crippen molar-refractivity contribution < 1.29 is 19.0 Å². The van der Waals surface area contributed by atoms with Gasteiger partial charge in [-0.2, -0.15) is 0 Å². The molecule has 1 heterocycles. The maximum atomic E-state index is 12.3. The molecule has 0 atom stereocenters. The van der Waals surface area contributed by atoms with Gasteiger partial charge in [0.2, 0.25) is 5.90 Å². The van der Waals surface area contributed by atoms with Crippen molar-refractivity contribution in [3.8, 4) is 11.5 Å². The summed E-state index contributed by atoms with van der Waals surface area (Å²) in [6.07, 6.45) is 1.66. The van der Waals surface area contributed by atoms with Crippen molar-refractivity contribution in [2.75, 3.05) is 7.11 Å².